The van der Waals surface area contributed by atoms with Gasteiger partial charge in [-0.05, 0) is 6.92 Å². The first-order valence-corrected chi connectivity index (χ1v) is 3.73. The Kier molecular flexibility index (Phi) is 8.88. The van der Waals surface area contributed by atoms with Crippen LogP contribution in [0.4, 0.5) is 26.3 Å². The Morgan fingerprint density at radius 2 is 1.39 bits per heavy atom. The standard InChI is InChI=1S/C3H3F3O3.C3H3F3.H2O3/c1-2(4)7-3(5,6)9-8-2;1-2(4)3(5)6;1-3-2/h1H3;1H3;1-2H. The van der Waals surface area contributed by atoms with Crippen molar-refractivity contribution in [3.63, 3.8) is 0 Å². The smallest absolute Gasteiger partial charge is 0.230 e. The minimum atomic E-state index is -3.97. The van der Waals surface area contributed by atoms with E-state index in [-0.39, 0.29) is 0 Å². The molecule has 6 nitrogen and oxygen atoms in total. The topological polar surface area (TPSA) is 77.4 Å². The van der Waals surface area contributed by atoms with Gasteiger partial charge in [-0.1, -0.05) is 5.04 Å². The molecule has 0 aliphatic carbocycles. The van der Waals surface area contributed by atoms with E-state index >= 15 is 0 Å². The second-order valence-electron chi connectivity index (χ2n) is 2.44. The van der Waals surface area contributed by atoms with Gasteiger partial charge in [-0.25, -0.2) is 19.6 Å². The number of hydrogen-bond acceptors (Lipinski definition) is 6. The van der Waals surface area contributed by atoms with Gasteiger partial charge >= 0.3 is 18.4 Å². The van der Waals surface area contributed by atoms with E-state index in [9.17, 15) is 26.3 Å². The van der Waals surface area contributed by atoms with Gasteiger partial charge in [-0.3, -0.25) is 0 Å². The molecule has 1 heterocycles. The summed E-state index contributed by atoms with van der Waals surface area (Å²) >= 11 is 0. The lowest BCUT2D eigenvalue weighted by Gasteiger charge is -2.05. The van der Waals surface area contributed by atoms with E-state index in [2.05, 4.69) is 19.6 Å². The van der Waals surface area contributed by atoms with Gasteiger partial charge in [0.1, 0.15) is 0 Å². The van der Waals surface area contributed by atoms with Crippen molar-refractivity contribution in [2.75, 3.05) is 0 Å². The molecule has 0 aromatic heterocycles. The second kappa shape index (κ2) is 8.23. The highest BCUT2D eigenvalue weighted by Crippen LogP contribution is 2.35. The first-order valence-electron chi connectivity index (χ1n) is 3.73. The molecule has 0 bridgehead atoms. The first-order chi connectivity index (χ1) is 7.97. The van der Waals surface area contributed by atoms with Crippen LogP contribution in [-0.2, 0) is 19.6 Å². The minimum Gasteiger partial charge on any atom is -0.230 e. The van der Waals surface area contributed by atoms with Gasteiger partial charge in [-0.15, -0.1) is 13.7 Å². The highest BCUT2D eigenvalue weighted by atomic mass is 19.3. The maximum atomic E-state index is 12.1. The van der Waals surface area contributed by atoms with Crippen molar-refractivity contribution in [3.05, 3.63) is 11.9 Å². The van der Waals surface area contributed by atoms with Crippen molar-refractivity contribution in [2.24, 2.45) is 0 Å². The lowest BCUT2D eigenvalue weighted by Crippen LogP contribution is -2.23. The number of alkyl halides is 3. The molecule has 0 aromatic rings. The molecule has 1 rings (SSSR count). The summed E-state index contributed by atoms with van der Waals surface area (Å²) in [5.41, 5.74) is 0. The monoisotopic (exact) mass is 290 g/mol. The molecule has 0 spiro atoms. The summed E-state index contributed by atoms with van der Waals surface area (Å²) in [4.78, 5) is 6.54. The summed E-state index contributed by atoms with van der Waals surface area (Å²) in [5.74, 6) is -1.41. The molecule has 0 amide bonds. The molecule has 0 radical (unpaired) electrons. The summed E-state index contributed by atoms with van der Waals surface area (Å²) in [7, 11) is 0. The molecular formula is C6H8F6O6. The van der Waals surface area contributed by atoms with Crippen LogP contribution in [0, 0.1) is 0 Å². The normalized spacial score (nSPS) is 24.3. The Bertz CT molecular complexity index is 237. The average Bonchev–Trinajstić information content (AvgIpc) is 2.40. The molecule has 0 aromatic carbocycles. The fraction of sp³-hybridized carbons (Fsp3) is 0.667. The highest BCUT2D eigenvalue weighted by molar-refractivity contribution is 4.84. The summed E-state index contributed by atoms with van der Waals surface area (Å²) in [5, 5.41) is 15.5. The van der Waals surface area contributed by atoms with Crippen LogP contribution in [0.5, 0.6) is 0 Å². The predicted octanol–water partition coefficient (Wildman–Crippen LogP) is 3.19. The van der Waals surface area contributed by atoms with Crippen LogP contribution in [0.25, 0.3) is 0 Å². The van der Waals surface area contributed by atoms with Crippen LogP contribution in [0.2, 0.25) is 0 Å². The molecule has 0 saturated carbocycles. The van der Waals surface area contributed by atoms with Crippen LogP contribution in [0.15, 0.2) is 11.9 Å². The fourth-order valence-electron chi connectivity index (χ4n) is 0.369. The van der Waals surface area contributed by atoms with E-state index in [0.29, 0.717) is 13.8 Å². The molecule has 1 aliphatic rings. The Balaban J connectivity index is 0. The largest absolute Gasteiger partial charge is 0.517 e. The molecule has 1 aliphatic heterocycles. The third-order valence-corrected chi connectivity index (χ3v) is 0.849. The Labute approximate surface area is 95.7 Å². The SMILES string of the molecule is CC(F)=C(F)F.CC1(F)OOC(F)(F)O1.OOO. The fourth-order valence-corrected chi connectivity index (χ4v) is 0.369. The average molecular weight is 290 g/mol. The van der Waals surface area contributed by atoms with Gasteiger partial charge in [0, 0.05) is 6.92 Å². The summed E-state index contributed by atoms with van der Waals surface area (Å²) in [6.07, 6.45) is -6.21. The number of allylic oxidation sites excluding steroid dienone is 1. The van der Waals surface area contributed by atoms with E-state index in [1.165, 1.54) is 0 Å². The zero-order chi connectivity index (χ0) is 15.0. The molecule has 12 heteroatoms. The lowest BCUT2D eigenvalue weighted by atomic mass is 10.7. The second-order valence-corrected chi connectivity index (χ2v) is 2.44. The molecule has 110 valence electrons. The van der Waals surface area contributed by atoms with Gasteiger partial charge < -0.3 is 0 Å². The maximum Gasteiger partial charge on any atom is 0.517 e. The number of rotatable bonds is 0. The molecular weight excluding hydrogens is 282 g/mol. The summed E-state index contributed by atoms with van der Waals surface area (Å²) in [6.45, 7) is 1.36. The zero-order valence-corrected chi connectivity index (χ0v) is 8.80. The number of hydrogen-bond donors (Lipinski definition) is 2. The van der Waals surface area contributed by atoms with Crippen LogP contribution >= 0.6 is 0 Å². The lowest BCUT2D eigenvalue weighted by molar-refractivity contribution is -0.465. The predicted molar refractivity (Wildman–Crippen MR) is 40.1 cm³/mol. The quantitative estimate of drug-likeness (QED) is 0.405. The van der Waals surface area contributed by atoms with E-state index < -0.39 is 24.2 Å². The van der Waals surface area contributed by atoms with Crippen molar-refractivity contribution in [3.8, 4) is 0 Å². The molecule has 1 unspecified atom stereocenters. The van der Waals surface area contributed by atoms with Crippen molar-refractivity contribution < 1.29 is 56.4 Å². The maximum absolute atomic E-state index is 12.1. The molecule has 18 heavy (non-hydrogen) atoms. The Morgan fingerprint density at radius 3 is 1.44 bits per heavy atom. The first kappa shape index (κ1) is 19.4. The summed E-state index contributed by atoms with van der Waals surface area (Å²) in [6, 6.07) is -2.84. The third kappa shape index (κ3) is 11.6. The van der Waals surface area contributed by atoms with Crippen LogP contribution in [0.1, 0.15) is 13.8 Å². The van der Waals surface area contributed by atoms with Gasteiger partial charge in [0.15, 0.2) is 5.83 Å². The Morgan fingerprint density at radius 1 is 1.06 bits per heavy atom. The van der Waals surface area contributed by atoms with E-state index in [4.69, 9.17) is 10.5 Å². The Hall–Kier alpha value is -0.920. The minimum absolute atomic E-state index is 0.661. The zero-order valence-electron chi connectivity index (χ0n) is 8.80. The van der Waals surface area contributed by atoms with Gasteiger partial charge in [0.05, 0.1) is 0 Å². The van der Waals surface area contributed by atoms with Crippen LogP contribution in [-0.4, -0.2) is 22.9 Å². The van der Waals surface area contributed by atoms with Crippen LogP contribution in [0.3, 0.4) is 0 Å². The van der Waals surface area contributed by atoms with E-state index in [1.54, 1.807) is 0 Å². The van der Waals surface area contributed by atoms with Crippen molar-refractivity contribution in [1.82, 2.24) is 0 Å². The third-order valence-electron chi connectivity index (χ3n) is 0.849. The van der Waals surface area contributed by atoms with Gasteiger partial charge in [0.2, 0.25) is 0 Å². The van der Waals surface area contributed by atoms with Crippen molar-refractivity contribution in [2.45, 2.75) is 26.2 Å². The van der Waals surface area contributed by atoms with E-state index in [1.807, 2.05) is 0 Å². The van der Waals surface area contributed by atoms with Crippen molar-refractivity contribution in [1.29, 1.82) is 0 Å². The number of halogens is 6. The van der Waals surface area contributed by atoms with E-state index in [0.717, 1.165) is 0 Å². The van der Waals surface area contributed by atoms with Gasteiger partial charge in [-0.2, -0.15) is 18.1 Å². The summed E-state index contributed by atoms with van der Waals surface area (Å²) < 4.78 is 70.9. The highest BCUT2D eigenvalue weighted by Gasteiger charge is 2.53. The molecule has 1 saturated heterocycles. The molecule has 1 atom stereocenters. The molecule has 2 N–H and O–H groups in total. The number of ether oxygens (including phenoxy) is 1. The van der Waals surface area contributed by atoms with Crippen molar-refractivity contribution >= 4 is 0 Å². The van der Waals surface area contributed by atoms with Crippen LogP contribution < -0.4 is 0 Å². The van der Waals surface area contributed by atoms with Gasteiger partial charge in [0.25, 0.3) is 0 Å². The molecule has 1 fully saturated rings.